The summed E-state index contributed by atoms with van der Waals surface area (Å²) in [4.78, 5) is 0. The van der Waals surface area contributed by atoms with Crippen LogP contribution in [-0.2, 0) is 0 Å². The largest absolute Gasteiger partial charge is 0.206 e. The molecule has 2 atom stereocenters. The van der Waals surface area contributed by atoms with Crippen molar-refractivity contribution in [3.05, 3.63) is 71.1 Å². The molecule has 2 unspecified atom stereocenters. The van der Waals surface area contributed by atoms with E-state index in [4.69, 9.17) is 0 Å². The summed E-state index contributed by atoms with van der Waals surface area (Å²) in [7, 11) is 0. The smallest absolute Gasteiger partial charge is 0.130 e. The van der Waals surface area contributed by atoms with Crippen LogP contribution in [0.3, 0.4) is 0 Å². The average molecular weight is 308 g/mol. The van der Waals surface area contributed by atoms with Crippen molar-refractivity contribution in [3.8, 4) is 11.1 Å². The first-order chi connectivity index (χ1) is 11.1. The Kier molecular flexibility index (Phi) is 4.66. The molecule has 3 rings (SSSR count). The maximum atomic E-state index is 15.0. The van der Waals surface area contributed by atoms with Crippen molar-refractivity contribution in [2.24, 2.45) is 5.92 Å². The summed E-state index contributed by atoms with van der Waals surface area (Å²) in [6.07, 6.45) is 7.88. The maximum Gasteiger partial charge on any atom is 0.130 e. The molecular formula is C22H25F. The van der Waals surface area contributed by atoms with Gasteiger partial charge >= 0.3 is 0 Å². The molecule has 0 saturated carbocycles. The summed E-state index contributed by atoms with van der Waals surface area (Å²) in [5.41, 5.74) is 4.92. The summed E-state index contributed by atoms with van der Waals surface area (Å²) >= 11 is 0. The molecule has 0 spiro atoms. The lowest BCUT2D eigenvalue weighted by molar-refractivity contribution is 0.487. The minimum Gasteiger partial charge on any atom is -0.206 e. The van der Waals surface area contributed by atoms with Crippen LogP contribution >= 0.6 is 0 Å². The van der Waals surface area contributed by atoms with E-state index in [1.807, 2.05) is 13.0 Å². The first-order valence-corrected chi connectivity index (χ1v) is 8.64. The van der Waals surface area contributed by atoms with Crippen molar-refractivity contribution in [2.75, 3.05) is 0 Å². The summed E-state index contributed by atoms with van der Waals surface area (Å²) < 4.78 is 15.0. The Balaban J connectivity index is 1.93. The zero-order chi connectivity index (χ0) is 16.4. The summed E-state index contributed by atoms with van der Waals surface area (Å²) in [5, 5.41) is 0. The summed E-state index contributed by atoms with van der Waals surface area (Å²) in [5.74, 6) is 0.860. The fourth-order valence-corrected chi connectivity index (χ4v) is 3.51. The van der Waals surface area contributed by atoms with Crippen molar-refractivity contribution in [3.63, 3.8) is 0 Å². The molecule has 0 aromatic heterocycles. The second kappa shape index (κ2) is 6.70. The third kappa shape index (κ3) is 3.24. The van der Waals surface area contributed by atoms with Gasteiger partial charge in [-0.15, -0.1) is 0 Å². The van der Waals surface area contributed by atoms with E-state index in [0.29, 0.717) is 5.92 Å². The lowest BCUT2D eigenvalue weighted by atomic mass is 9.82. The molecule has 1 aliphatic rings. The highest BCUT2D eigenvalue weighted by Gasteiger charge is 2.21. The quantitative estimate of drug-likeness (QED) is 0.562. The molecule has 0 saturated heterocycles. The van der Waals surface area contributed by atoms with E-state index in [9.17, 15) is 4.39 Å². The van der Waals surface area contributed by atoms with Gasteiger partial charge in [0.05, 0.1) is 0 Å². The van der Waals surface area contributed by atoms with Crippen molar-refractivity contribution < 1.29 is 4.39 Å². The highest BCUT2D eigenvalue weighted by Crippen LogP contribution is 2.36. The number of rotatable bonds is 3. The topological polar surface area (TPSA) is 0 Å². The molecule has 0 fully saturated rings. The van der Waals surface area contributed by atoms with Gasteiger partial charge in [-0.05, 0) is 61.3 Å². The standard InChI is InChI=1S/C22H25F/c1-4-17-7-11-19(12-8-17)21-14-13-20(16(3)22(21)23)18-9-5-15(2)6-10-18/h5-7,9-11,13-14,17,19H,4,8,12H2,1-3H3. The Labute approximate surface area is 139 Å². The SMILES string of the molecule is CCC1C=CC(c2ccc(-c3ccc(C)cc3)c(C)c2F)CC1. The predicted molar refractivity (Wildman–Crippen MR) is 96.2 cm³/mol. The van der Waals surface area contributed by atoms with Crippen LogP contribution in [0.2, 0.25) is 0 Å². The van der Waals surface area contributed by atoms with E-state index in [1.54, 1.807) is 0 Å². The van der Waals surface area contributed by atoms with Gasteiger partial charge in [0.2, 0.25) is 0 Å². The van der Waals surface area contributed by atoms with Crippen LogP contribution in [0.4, 0.5) is 4.39 Å². The molecule has 1 aliphatic carbocycles. The van der Waals surface area contributed by atoms with Gasteiger partial charge in [0.15, 0.2) is 0 Å². The first kappa shape index (κ1) is 16.0. The van der Waals surface area contributed by atoms with E-state index in [0.717, 1.165) is 35.1 Å². The van der Waals surface area contributed by atoms with Crippen molar-refractivity contribution in [1.82, 2.24) is 0 Å². The Morgan fingerprint density at radius 2 is 1.70 bits per heavy atom. The average Bonchev–Trinajstić information content (AvgIpc) is 2.58. The Hall–Kier alpha value is -1.89. The Morgan fingerprint density at radius 1 is 0.957 bits per heavy atom. The van der Waals surface area contributed by atoms with Gasteiger partial charge < -0.3 is 0 Å². The van der Waals surface area contributed by atoms with Crippen LogP contribution in [-0.4, -0.2) is 0 Å². The van der Waals surface area contributed by atoms with E-state index < -0.39 is 0 Å². The highest BCUT2D eigenvalue weighted by molar-refractivity contribution is 5.68. The maximum absolute atomic E-state index is 15.0. The van der Waals surface area contributed by atoms with Gasteiger partial charge in [-0.1, -0.05) is 61.0 Å². The second-order valence-corrected chi connectivity index (χ2v) is 6.74. The van der Waals surface area contributed by atoms with Crippen LogP contribution < -0.4 is 0 Å². The van der Waals surface area contributed by atoms with Crippen LogP contribution in [0, 0.1) is 25.6 Å². The number of hydrogen-bond donors (Lipinski definition) is 0. The summed E-state index contributed by atoms with van der Waals surface area (Å²) in [6, 6.07) is 12.4. The van der Waals surface area contributed by atoms with E-state index in [2.05, 4.69) is 56.3 Å². The minimum absolute atomic E-state index is 0.0346. The van der Waals surface area contributed by atoms with E-state index in [-0.39, 0.29) is 11.7 Å². The normalized spacial score (nSPS) is 20.7. The molecule has 120 valence electrons. The molecule has 0 amide bonds. The number of benzene rings is 2. The fourth-order valence-electron chi connectivity index (χ4n) is 3.51. The van der Waals surface area contributed by atoms with Gasteiger partial charge in [-0.3, -0.25) is 0 Å². The molecular weight excluding hydrogens is 283 g/mol. The Morgan fingerprint density at radius 3 is 2.30 bits per heavy atom. The molecule has 0 heterocycles. The second-order valence-electron chi connectivity index (χ2n) is 6.74. The van der Waals surface area contributed by atoms with Crippen molar-refractivity contribution >= 4 is 0 Å². The molecule has 2 aromatic carbocycles. The van der Waals surface area contributed by atoms with Gasteiger partial charge in [0.1, 0.15) is 5.82 Å². The third-order valence-corrected chi connectivity index (χ3v) is 5.17. The monoisotopic (exact) mass is 308 g/mol. The minimum atomic E-state index is -0.0346. The Bertz CT molecular complexity index is 709. The van der Waals surface area contributed by atoms with E-state index in [1.165, 1.54) is 12.0 Å². The number of hydrogen-bond acceptors (Lipinski definition) is 0. The third-order valence-electron chi connectivity index (χ3n) is 5.17. The molecule has 0 nitrogen and oxygen atoms in total. The number of allylic oxidation sites excluding steroid dienone is 2. The van der Waals surface area contributed by atoms with Gasteiger partial charge in [-0.2, -0.15) is 0 Å². The van der Waals surface area contributed by atoms with Crippen molar-refractivity contribution in [2.45, 2.75) is 46.0 Å². The van der Waals surface area contributed by atoms with Crippen LogP contribution in [0.5, 0.6) is 0 Å². The molecule has 23 heavy (non-hydrogen) atoms. The lowest BCUT2D eigenvalue weighted by Gasteiger charge is -2.23. The molecule has 1 heteroatoms. The molecule has 0 aliphatic heterocycles. The molecule has 2 aromatic rings. The zero-order valence-electron chi connectivity index (χ0n) is 14.3. The molecule has 0 N–H and O–H groups in total. The zero-order valence-corrected chi connectivity index (χ0v) is 14.3. The summed E-state index contributed by atoms with van der Waals surface area (Å²) in [6.45, 7) is 6.19. The van der Waals surface area contributed by atoms with Crippen molar-refractivity contribution in [1.29, 1.82) is 0 Å². The number of halogens is 1. The van der Waals surface area contributed by atoms with Gasteiger partial charge in [0, 0.05) is 5.92 Å². The molecule has 0 bridgehead atoms. The van der Waals surface area contributed by atoms with Crippen LogP contribution in [0.25, 0.3) is 11.1 Å². The first-order valence-electron chi connectivity index (χ1n) is 8.64. The fraction of sp³-hybridized carbons (Fsp3) is 0.364. The van der Waals surface area contributed by atoms with Gasteiger partial charge in [-0.25, -0.2) is 4.39 Å². The van der Waals surface area contributed by atoms with E-state index >= 15 is 0 Å². The number of aryl methyl sites for hydroxylation is 1. The predicted octanol–water partition coefficient (Wildman–Crippen LogP) is 6.57. The molecule has 0 radical (unpaired) electrons. The van der Waals surface area contributed by atoms with Gasteiger partial charge in [0.25, 0.3) is 0 Å². The van der Waals surface area contributed by atoms with Crippen LogP contribution in [0.1, 0.15) is 48.8 Å². The van der Waals surface area contributed by atoms with Crippen LogP contribution in [0.15, 0.2) is 48.6 Å². The highest BCUT2D eigenvalue weighted by atomic mass is 19.1. The lowest BCUT2D eigenvalue weighted by Crippen LogP contribution is -2.09.